The van der Waals surface area contributed by atoms with Gasteiger partial charge in [0.2, 0.25) is 44.2 Å². The molecule has 0 bridgehead atoms. The average Bonchev–Trinajstić information content (AvgIpc) is 1.65. The molecular weight excluding hydrogens is 1750 g/mol. The molecule has 5 aromatic rings. The molecule has 5 aliphatic rings. The normalized spacial score (nSPS) is 17.3. The molecule has 5 heterocycles. The van der Waals surface area contributed by atoms with Gasteiger partial charge in [0.05, 0.1) is 50.8 Å². The van der Waals surface area contributed by atoms with Crippen LogP contribution < -0.4 is 20.1 Å². The Morgan fingerprint density at radius 3 is 1.32 bits per heavy atom. The zero-order chi connectivity index (χ0) is 97.8. The number of methoxy groups -OCH3 is 2. The molecule has 5 fully saturated rings. The van der Waals surface area contributed by atoms with Crippen molar-refractivity contribution in [2.75, 3.05) is 97.3 Å². The third-order valence-corrected chi connectivity index (χ3v) is 28.9. The van der Waals surface area contributed by atoms with Crippen LogP contribution in [-0.2, 0) is 118 Å². The van der Waals surface area contributed by atoms with Crippen LogP contribution in [-0.4, -0.2) is 235 Å². The van der Waals surface area contributed by atoms with Crippen LogP contribution in [0.2, 0.25) is 0 Å². The molecule has 10 rings (SSSR count). The fourth-order valence-corrected chi connectivity index (χ4v) is 18.6. The highest BCUT2D eigenvalue weighted by Crippen LogP contribution is 2.34. The van der Waals surface area contributed by atoms with Gasteiger partial charge in [0, 0.05) is 110 Å². The van der Waals surface area contributed by atoms with E-state index in [1.54, 1.807) is 93.9 Å². The number of nitro benzene ring substituents is 1. The van der Waals surface area contributed by atoms with E-state index in [-0.39, 0.29) is 29.8 Å². The molecule has 5 atom stereocenters. The highest BCUT2D eigenvalue weighted by Gasteiger charge is 2.47. The molecule has 724 valence electrons. The summed E-state index contributed by atoms with van der Waals surface area (Å²) in [4.78, 5) is 178. The van der Waals surface area contributed by atoms with Crippen molar-refractivity contribution < 1.29 is 99.4 Å². The SMILES string of the molecule is CCC(C)(C)C(=O)C(=O)N1CCC[C@H]1C(=O)OCCCCc1ccc([N+](=O)[O-])cc1.CCC(C)(C)C(=O)C(=O)N1CCC[C@H]1C(=O)OCCc1ccc(N(C)C)cc1.CCC(C)(C)C(=O)C(=O)N1CCC[C@H]1C(N)=O.CCC(C)(C)C(=O)C(=O)N1CCS[C@@H]1C(=O)OCCCc1ccccc1.COc1cc(CCCSC(=O)C2CCCN2S(=O)(=O)Cc2ccccc2)cc(OC)c1. The van der Waals surface area contributed by atoms with Gasteiger partial charge in [-0.2, -0.15) is 4.31 Å². The minimum Gasteiger partial charge on any atom is -0.497 e. The molecule has 2 N–H and O–H groups in total. The maximum Gasteiger partial charge on any atom is 0.339 e. The van der Waals surface area contributed by atoms with Crippen LogP contribution in [0.4, 0.5) is 11.4 Å². The molecule has 5 aliphatic heterocycles. The summed E-state index contributed by atoms with van der Waals surface area (Å²) in [7, 11) is 3.68. The fraction of sp³-hybridized carbons (Fsp3) is 0.566. The largest absolute Gasteiger partial charge is 0.497 e. The summed E-state index contributed by atoms with van der Waals surface area (Å²) < 4.78 is 53.9. The second kappa shape index (κ2) is 52.9. The minimum absolute atomic E-state index is 0.0580. The third-order valence-electron chi connectivity index (χ3n) is 24.9. The second-order valence-electron chi connectivity index (χ2n) is 36.1. The lowest BCUT2D eigenvalue weighted by atomic mass is 9.84. The van der Waals surface area contributed by atoms with Gasteiger partial charge in [0.15, 0.2) is 5.37 Å². The lowest BCUT2D eigenvalue weighted by Gasteiger charge is -2.27. The Labute approximate surface area is 787 Å². The summed E-state index contributed by atoms with van der Waals surface area (Å²) in [5.41, 5.74) is 8.62. The van der Waals surface area contributed by atoms with Crippen molar-refractivity contribution in [3.8, 4) is 11.5 Å². The van der Waals surface area contributed by atoms with Gasteiger partial charge < -0.3 is 53.9 Å². The van der Waals surface area contributed by atoms with Gasteiger partial charge in [-0.25, -0.2) is 22.8 Å². The first kappa shape index (κ1) is 110. The van der Waals surface area contributed by atoms with Crippen LogP contribution in [0.5, 0.6) is 11.5 Å². The molecule has 0 aliphatic carbocycles. The average molecular weight is 1890 g/mol. The number of anilines is 1. The van der Waals surface area contributed by atoms with Gasteiger partial charge in [-0.3, -0.25) is 58.1 Å². The first-order chi connectivity index (χ1) is 62.4. The lowest BCUT2D eigenvalue weighted by Crippen LogP contribution is -2.49. The van der Waals surface area contributed by atoms with Gasteiger partial charge in [-0.15, -0.1) is 11.8 Å². The second-order valence-corrected chi connectivity index (χ2v) is 40.4. The Hall–Kier alpha value is -10.4. The summed E-state index contributed by atoms with van der Waals surface area (Å²) in [6, 6.07) is 36.8. The molecule has 5 amide bonds. The molecule has 33 heteroatoms. The van der Waals surface area contributed by atoms with Crippen molar-refractivity contribution >= 4 is 121 Å². The van der Waals surface area contributed by atoms with Crippen LogP contribution in [0, 0.1) is 31.8 Å². The topological polar surface area (TPSA) is 391 Å². The number of sulfonamides is 1. The van der Waals surface area contributed by atoms with Crippen molar-refractivity contribution in [3.63, 3.8) is 0 Å². The van der Waals surface area contributed by atoms with Gasteiger partial charge in [-0.05, 0) is 174 Å². The summed E-state index contributed by atoms with van der Waals surface area (Å²) >= 11 is 2.59. The Morgan fingerprint density at radius 2 is 0.856 bits per heavy atom. The lowest BCUT2D eigenvalue weighted by molar-refractivity contribution is -0.384. The monoisotopic (exact) mass is 1890 g/mol. The van der Waals surface area contributed by atoms with Crippen molar-refractivity contribution in [1.29, 1.82) is 0 Å². The Morgan fingerprint density at radius 1 is 0.462 bits per heavy atom. The smallest absolute Gasteiger partial charge is 0.339 e. The van der Waals surface area contributed by atoms with Gasteiger partial charge >= 0.3 is 17.9 Å². The molecule has 5 aromatic carbocycles. The number of likely N-dealkylation sites (tertiary alicyclic amines) is 3. The number of esters is 3. The Bertz CT molecular complexity index is 4820. The summed E-state index contributed by atoms with van der Waals surface area (Å²) in [6.45, 7) is 24.3. The highest BCUT2D eigenvalue weighted by atomic mass is 32.2. The number of amides is 5. The molecule has 132 heavy (non-hydrogen) atoms. The van der Waals surface area contributed by atoms with E-state index in [2.05, 4.69) is 0 Å². The summed E-state index contributed by atoms with van der Waals surface area (Å²) in [5, 5.41) is 9.89. The van der Waals surface area contributed by atoms with Gasteiger partial charge in [0.1, 0.15) is 29.6 Å². The van der Waals surface area contributed by atoms with E-state index < -0.39 is 137 Å². The quantitative estimate of drug-likeness (QED) is 0.00950. The van der Waals surface area contributed by atoms with Crippen LogP contribution >= 0.6 is 23.5 Å². The van der Waals surface area contributed by atoms with E-state index in [4.69, 9.17) is 29.4 Å². The van der Waals surface area contributed by atoms with Crippen molar-refractivity contribution in [2.45, 2.75) is 247 Å². The summed E-state index contributed by atoms with van der Waals surface area (Å²) in [5.74, 6) is -3.24. The van der Waals surface area contributed by atoms with Crippen LogP contribution in [0.15, 0.2) is 127 Å². The number of non-ortho nitro benzene ring substituents is 1. The molecule has 0 aromatic heterocycles. The van der Waals surface area contributed by atoms with E-state index in [1.165, 1.54) is 65.1 Å². The van der Waals surface area contributed by atoms with Crippen molar-refractivity contribution in [3.05, 3.63) is 165 Å². The van der Waals surface area contributed by atoms with E-state index in [1.807, 2.05) is 138 Å². The number of Topliss-reactive ketones (excluding diaryl/α,β-unsaturated/α-hetero) is 4. The number of hydrogen-bond acceptors (Lipinski definition) is 25. The van der Waals surface area contributed by atoms with Crippen molar-refractivity contribution in [2.24, 2.45) is 27.4 Å². The maximum atomic E-state index is 12.9. The Kier molecular flexibility index (Phi) is 44.2. The zero-order valence-electron chi connectivity index (χ0n) is 79.8. The number of rotatable bonds is 40. The Balaban J connectivity index is 0.000000257. The van der Waals surface area contributed by atoms with Gasteiger partial charge in [0.25, 0.3) is 29.3 Å². The standard InChI is InChI=1S/C23H29NO5S2.C22H30N2O6.C22H32N2O4.C20H27NO4S.C12H20N2O3/c1-28-20-14-19(15-21(16-20)29-2)10-7-13-30-23(25)22-11-6-12-24(22)31(26,27)17-18-8-4-3-5-9-18;1-4-22(2,3)19(25)20(26)23-14-7-9-18(23)21(27)30-15-6-5-8-16-10-12-17(13-11-16)24(28)29;1-6-22(2,3)19(25)20(26)24-14-7-8-18(24)21(27)28-15-13-16-9-11-17(12-10-16)23(4)5;1-4-20(2,3)16(22)17(23)21-12-14-26-18(21)19(24)25-13-8-11-15-9-6-5-7-10-15;1-4-12(2,3)9(15)11(17)14-7-5-6-8(14)10(13)16/h3-5,8-9,14-16,22H,6-7,10-13,17H2,1-2H3;10-13,18H,4-9,14-15H2,1-3H3;9-12,18H,6-8,13-15H2,1-5H3;5-7,9-10,18H,4,8,11-14H2,1-3H3;8H,4-7H2,1-3H3,(H2,13,16)/t;3*18-;8-/m.0010/s1. The van der Waals surface area contributed by atoms with Crippen molar-refractivity contribution in [1.82, 2.24) is 23.9 Å². The number of aryl methyl sites for hydroxylation is 3. The number of ketones is 4. The van der Waals surface area contributed by atoms with E-state index >= 15 is 0 Å². The minimum atomic E-state index is -3.52. The van der Waals surface area contributed by atoms with Crippen LogP contribution in [0.3, 0.4) is 0 Å². The highest BCUT2D eigenvalue weighted by molar-refractivity contribution is 8.13. The predicted molar refractivity (Wildman–Crippen MR) is 510 cm³/mol. The number of primary amides is 1. The first-order valence-electron chi connectivity index (χ1n) is 45.7. The first-order valence-corrected chi connectivity index (χ1v) is 49.4. The molecule has 0 saturated carbocycles. The summed E-state index contributed by atoms with van der Waals surface area (Å²) in [6.07, 6.45) is 13.2. The zero-order valence-corrected chi connectivity index (χ0v) is 82.3. The molecular formula is C99H138N8O22S3. The maximum absolute atomic E-state index is 12.9. The van der Waals surface area contributed by atoms with Gasteiger partial charge in [-0.1, -0.05) is 180 Å². The van der Waals surface area contributed by atoms with E-state index in [0.717, 1.165) is 84.4 Å². The van der Waals surface area contributed by atoms with E-state index in [9.17, 15) is 80.9 Å². The number of nitro groups is 1. The fourth-order valence-electron chi connectivity index (χ4n) is 14.7. The number of nitrogens with zero attached hydrogens (tertiary/aromatic N) is 7. The van der Waals surface area contributed by atoms with Crippen LogP contribution in [0.1, 0.15) is 214 Å². The molecule has 30 nitrogen and oxygen atoms in total. The number of thioether (sulfide) groups is 2. The molecule has 1 unspecified atom stereocenters. The number of ether oxygens (including phenoxy) is 5. The van der Waals surface area contributed by atoms with Crippen LogP contribution in [0.25, 0.3) is 0 Å². The van der Waals surface area contributed by atoms with E-state index in [0.29, 0.717) is 134 Å². The molecule has 0 radical (unpaired) electrons. The number of carbonyl (C=O) groups is 13. The number of carbonyl (C=O) groups excluding carboxylic acids is 13. The molecule has 0 spiro atoms. The third kappa shape index (κ3) is 32.8. The molecule has 5 saturated heterocycles. The number of nitrogens with two attached hydrogens (primary N) is 1. The number of unbranched alkanes of at least 4 members (excludes halogenated alkanes) is 1. The number of hydrogen-bond donors (Lipinski definition) is 1. The predicted octanol–water partition coefficient (Wildman–Crippen LogP) is 13.7. The number of benzene rings is 5.